The fourth-order valence-electron chi connectivity index (χ4n) is 2.40. The predicted octanol–water partition coefficient (Wildman–Crippen LogP) is 3.00. The molecule has 1 amide bonds. The average molecular weight is 426 g/mol. The number of hydrogen-bond acceptors (Lipinski definition) is 5. The van der Waals surface area contributed by atoms with Crippen molar-refractivity contribution in [3.05, 3.63) is 46.3 Å². The van der Waals surface area contributed by atoms with Crippen LogP contribution in [-0.2, 0) is 16.4 Å². The zero-order valence-corrected chi connectivity index (χ0v) is 16.0. The lowest BCUT2D eigenvalue weighted by atomic mass is 10.1. The number of fused-ring (bicyclic) bond motifs is 1. The first-order valence-corrected chi connectivity index (χ1v) is 10.3. The lowest BCUT2D eigenvalue weighted by molar-refractivity contribution is 0.0997. The SMILES string of the molecule is Cc1c(C(=O)Nc2ccn(CCS(C)(=O)=O)n2)oc2ccc(Br)cc12. The van der Waals surface area contributed by atoms with Crippen LogP contribution in [0.5, 0.6) is 0 Å². The molecule has 1 aromatic carbocycles. The Hall–Kier alpha value is -2.13. The van der Waals surface area contributed by atoms with Crippen molar-refractivity contribution in [2.45, 2.75) is 13.5 Å². The summed E-state index contributed by atoms with van der Waals surface area (Å²) in [5.74, 6) is 0.135. The Bertz CT molecular complexity index is 1050. The van der Waals surface area contributed by atoms with Crippen LogP contribution in [0.15, 0.2) is 39.4 Å². The number of amides is 1. The fourth-order valence-corrected chi connectivity index (χ4v) is 3.27. The Balaban J connectivity index is 1.77. The van der Waals surface area contributed by atoms with E-state index >= 15 is 0 Å². The molecule has 0 bridgehead atoms. The third kappa shape index (κ3) is 4.10. The van der Waals surface area contributed by atoms with E-state index < -0.39 is 15.7 Å². The van der Waals surface area contributed by atoms with E-state index in [1.165, 1.54) is 10.9 Å². The first-order chi connectivity index (χ1) is 11.7. The minimum absolute atomic E-state index is 0.0143. The van der Waals surface area contributed by atoms with Crippen LogP contribution in [0.3, 0.4) is 0 Å². The van der Waals surface area contributed by atoms with E-state index in [4.69, 9.17) is 4.42 Å². The fraction of sp³-hybridized carbons (Fsp3) is 0.250. The van der Waals surface area contributed by atoms with E-state index in [-0.39, 0.29) is 18.1 Å². The highest BCUT2D eigenvalue weighted by Gasteiger charge is 2.18. The Morgan fingerprint density at radius 1 is 1.36 bits per heavy atom. The summed E-state index contributed by atoms with van der Waals surface area (Å²) < 4.78 is 30.4. The third-order valence-electron chi connectivity index (χ3n) is 3.68. The van der Waals surface area contributed by atoms with Gasteiger partial charge in [-0.1, -0.05) is 15.9 Å². The zero-order chi connectivity index (χ0) is 18.2. The molecule has 2 heterocycles. The number of carbonyl (C=O) groups excluding carboxylic acids is 1. The maximum Gasteiger partial charge on any atom is 0.292 e. The summed E-state index contributed by atoms with van der Waals surface area (Å²) in [7, 11) is -3.07. The molecule has 7 nitrogen and oxygen atoms in total. The number of aryl methyl sites for hydroxylation is 2. The van der Waals surface area contributed by atoms with E-state index in [0.717, 1.165) is 15.4 Å². The van der Waals surface area contributed by atoms with Crippen LogP contribution in [0.4, 0.5) is 5.82 Å². The first-order valence-electron chi connectivity index (χ1n) is 7.44. The zero-order valence-electron chi connectivity index (χ0n) is 13.6. The molecule has 0 saturated heterocycles. The third-order valence-corrected chi connectivity index (χ3v) is 5.10. The molecule has 0 spiro atoms. The molecular formula is C16H16BrN3O4S. The van der Waals surface area contributed by atoms with Crippen LogP contribution in [0, 0.1) is 6.92 Å². The van der Waals surface area contributed by atoms with Crippen molar-refractivity contribution >= 4 is 48.5 Å². The predicted molar refractivity (Wildman–Crippen MR) is 98.5 cm³/mol. The van der Waals surface area contributed by atoms with Gasteiger partial charge in [0.1, 0.15) is 15.4 Å². The maximum absolute atomic E-state index is 12.5. The molecule has 25 heavy (non-hydrogen) atoms. The Morgan fingerprint density at radius 2 is 2.12 bits per heavy atom. The maximum atomic E-state index is 12.5. The van der Waals surface area contributed by atoms with Crippen molar-refractivity contribution in [2.24, 2.45) is 0 Å². The molecule has 0 atom stereocenters. The molecule has 0 unspecified atom stereocenters. The van der Waals surface area contributed by atoms with Crippen LogP contribution in [0.2, 0.25) is 0 Å². The number of aromatic nitrogens is 2. The van der Waals surface area contributed by atoms with Gasteiger partial charge in [0, 0.05) is 33.9 Å². The minimum Gasteiger partial charge on any atom is -0.451 e. The molecule has 0 radical (unpaired) electrons. The molecule has 9 heteroatoms. The van der Waals surface area contributed by atoms with Crippen LogP contribution < -0.4 is 5.32 Å². The van der Waals surface area contributed by atoms with E-state index in [1.807, 2.05) is 19.1 Å². The lowest BCUT2D eigenvalue weighted by Gasteiger charge is -2.01. The summed E-state index contributed by atoms with van der Waals surface area (Å²) in [6.07, 6.45) is 2.78. The van der Waals surface area contributed by atoms with Gasteiger partial charge in [-0.3, -0.25) is 9.48 Å². The van der Waals surface area contributed by atoms with Gasteiger partial charge in [-0.2, -0.15) is 5.10 Å². The summed E-state index contributed by atoms with van der Waals surface area (Å²) >= 11 is 3.40. The van der Waals surface area contributed by atoms with Crippen molar-refractivity contribution in [3.63, 3.8) is 0 Å². The number of nitrogens with zero attached hydrogens (tertiary/aromatic N) is 2. The second kappa shape index (κ2) is 6.64. The molecule has 3 rings (SSSR count). The monoisotopic (exact) mass is 425 g/mol. The van der Waals surface area contributed by atoms with Gasteiger partial charge in [0.05, 0.1) is 12.3 Å². The minimum atomic E-state index is -3.07. The Labute approximate surface area is 153 Å². The molecule has 0 aliphatic carbocycles. The molecule has 132 valence electrons. The van der Waals surface area contributed by atoms with Gasteiger partial charge in [-0.05, 0) is 25.1 Å². The van der Waals surface area contributed by atoms with Crippen molar-refractivity contribution in [1.29, 1.82) is 0 Å². The average Bonchev–Trinajstić information content (AvgIpc) is 3.10. The summed E-state index contributed by atoms with van der Waals surface area (Å²) in [6, 6.07) is 7.14. The quantitative estimate of drug-likeness (QED) is 0.677. The van der Waals surface area contributed by atoms with Crippen LogP contribution >= 0.6 is 15.9 Å². The lowest BCUT2D eigenvalue weighted by Crippen LogP contribution is -2.14. The molecule has 3 aromatic rings. The number of halogens is 1. The number of hydrogen-bond donors (Lipinski definition) is 1. The van der Waals surface area contributed by atoms with Crippen LogP contribution in [0.1, 0.15) is 16.1 Å². The van der Waals surface area contributed by atoms with Crippen molar-refractivity contribution in [1.82, 2.24) is 9.78 Å². The molecule has 0 aliphatic rings. The van der Waals surface area contributed by atoms with E-state index in [2.05, 4.69) is 26.3 Å². The number of furan rings is 1. The second-order valence-electron chi connectivity index (χ2n) is 5.74. The molecule has 0 aliphatic heterocycles. The normalized spacial score (nSPS) is 11.8. The molecular weight excluding hydrogens is 410 g/mol. The van der Waals surface area contributed by atoms with Crippen LogP contribution in [0.25, 0.3) is 11.0 Å². The number of nitrogens with one attached hydrogen (secondary N) is 1. The van der Waals surface area contributed by atoms with Gasteiger partial charge in [0.15, 0.2) is 11.6 Å². The van der Waals surface area contributed by atoms with Gasteiger partial charge in [-0.15, -0.1) is 0 Å². The van der Waals surface area contributed by atoms with Gasteiger partial charge in [0.2, 0.25) is 0 Å². The molecule has 0 saturated carbocycles. The van der Waals surface area contributed by atoms with E-state index in [9.17, 15) is 13.2 Å². The number of sulfone groups is 1. The highest BCUT2D eigenvalue weighted by Crippen LogP contribution is 2.28. The van der Waals surface area contributed by atoms with Crippen molar-refractivity contribution in [3.8, 4) is 0 Å². The van der Waals surface area contributed by atoms with E-state index in [0.29, 0.717) is 11.4 Å². The first kappa shape index (κ1) is 17.7. The van der Waals surface area contributed by atoms with Gasteiger partial charge in [0.25, 0.3) is 5.91 Å². The topological polar surface area (TPSA) is 94.2 Å². The summed E-state index contributed by atoms with van der Waals surface area (Å²) in [6.45, 7) is 2.05. The van der Waals surface area contributed by atoms with E-state index in [1.54, 1.807) is 18.3 Å². The molecule has 0 fully saturated rings. The highest BCUT2D eigenvalue weighted by molar-refractivity contribution is 9.10. The molecule has 2 aromatic heterocycles. The van der Waals surface area contributed by atoms with Crippen molar-refractivity contribution in [2.75, 3.05) is 17.3 Å². The summed E-state index contributed by atoms with van der Waals surface area (Å²) in [5.41, 5.74) is 1.37. The highest BCUT2D eigenvalue weighted by atomic mass is 79.9. The van der Waals surface area contributed by atoms with Gasteiger partial charge < -0.3 is 9.73 Å². The van der Waals surface area contributed by atoms with Crippen molar-refractivity contribution < 1.29 is 17.6 Å². The summed E-state index contributed by atoms with van der Waals surface area (Å²) in [4.78, 5) is 12.5. The Kier molecular flexibility index (Phi) is 4.70. The van der Waals surface area contributed by atoms with Gasteiger partial charge >= 0.3 is 0 Å². The number of anilines is 1. The summed E-state index contributed by atoms with van der Waals surface area (Å²) in [5, 5.41) is 7.67. The number of carbonyl (C=O) groups is 1. The number of rotatable bonds is 5. The number of benzene rings is 1. The molecule has 1 N–H and O–H groups in total. The van der Waals surface area contributed by atoms with Crippen LogP contribution in [-0.4, -0.2) is 36.1 Å². The van der Waals surface area contributed by atoms with Gasteiger partial charge in [-0.25, -0.2) is 8.42 Å². The Morgan fingerprint density at radius 3 is 2.84 bits per heavy atom. The second-order valence-corrected chi connectivity index (χ2v) is 8.92. The standard InChI is InChI=1S/C16H16BrN3O4S/c1-10-12-9-11(17)3-4-13(12)24-15(10)16(21)18-14-5-6-20(19-14)7-8-25(2,22)23/h3-6,9H,7-8H2,1-2H3,(H,18,19,21). The smallest absolute Gasteiger partial charge is 0.292 e. The largest absolute Gasteiger partial charge is 0.451 e.